The van der Waals surface area contributed by atoms with E-state index in [9.17, 15) is 18.3 Å². The third-order valence-corrected chi connectivity index (χ3v) is 2.03. The molecule has 0 spiro atoms. The van der Waals surface area contributed by atoms with E-state index >= 15 is 0 Å². The molecule has 1 unspecified atom stereocenters. The van der Waals surface area contributed by atoms with Crippen molar-refractivity contribution in [2.45, 2.75) is 12.3 Å². The number of halogens is 4. The first-order valence-corrected chi connectivity index (χ1v) is 4.40. The van der Waals surface area contributed by atoms with Gasteiger partial charge >= 0.3 is 6.18 Å². The zero-order valence-electron chi connectivity index (χ0n) is 7.55. The Morgan fingerprint density at radius 3 is 2.40 bits per heavy atom. The van der Waals surface area contributed by atoms with Gasteiger partial charge in [0.15, 0.2) is 0 Å². The number of aliphatic hydroxyl groups is 1. The van der Waals surface area contributed by atoms with Crippen LogP contribution in [0, 0.1) is 0 Å². The molecule has 0 heterocycles. The molecule has 1 N–H and O–H groups in total. The summed E-state index contributed by atoms with van der Waals surface area (Å²) in [5, 5.41) is 9.23. The molecule has 15 heavy (non-hydrogen) atoms. The van der Waals surface area contributed by atoms with E-state index in [2.05, 4.69) is 6.58 Å². The number of alkyl halides is 3. The average Bonchev–Trinajstić information content (AvgIpc) is 2.14. The summed E-state index contributed by atoms with van der Waals surface area (Å²) in [5.41, 5.74) is -0.810. The van der Waals surface area contributed by atoms with Gasteiger partial charge in [0.05, 0.1) is 11.7 Å². The molecule has 0 saturated carbocycles. The number of aliphatic hydroxyl groups excluding tert-OH is 1. The Hall–Kier alpha value is -1.00. The van der Waals surface area contributed by atoms with Crippen molar-refractivity contribution in [1.29, 1.82) is 0 Å². The highest BCUT2D eigenvalue weighted by Gasteiger charge is 2.31. The van der Waals surface area contributed by atoms with E-state index in [0.29, 0.717) is 0 Å². The van der Waals surface area contributed by atoms with Gasteiger partial charge in [0.1, 0.15) is 0 Å². The third kappa shape index (κ3) is 2.97. The van der Waals surface area contributed by atoms with Crippen molar-refractivity contribution in [3.8, 4) is 0 Å². The molecule has 5 heteroatoms. The van der Waals surface area contributed by atoms with Crippen molar-refractivity contribution in [2.75, 3.05) is 0 Å². The molecule has 0 aromatic heterocycles. The molecule has 82 valence electrons. The minimum absolute atomic E-state index is 0.0688. The Balaban J connectivity index is 3.22. The molecule has 1 aromatic carbocycles. The fourth-order valence-corrected chi connectivity index (χ4v) is 1.33. The van der Waals surface area contributed by atoms with Crippen LogP contribution in [-0.4, -0.2) is 5.11 Å². The maximum Gasteiger partial charge on any atom is 0.416 e. The van der Waals surface area contributed by atoms with Crippen molar-refractivity contribution in [2.24, 2.45) is 0 Å². The van der Waals surface area contributed by atoms with Crippen LogP contribution in [-0.2, 0) is 6.18 Å². The predicted octanol–water partition coefficient (Wildman–Crippen LogP) is 3.58. The van der Waals surface area contributed by atoms with Gasteiger partial charge < -0.3 is 5.11 Å². The summed E-state index contributed by atoms with van der Waals surface area (Å²) < 4.78 is 37.0. The highest BCUT2D eigenvalue weighted by atomic mass is 35.5. The van der Waals surface area contributed by atoms with Crippen molar-refractivity contribution >= 4 is 11.6 Å². The van der Waals surface area contributed by atoms with Crippen molar-refractivity contribution < 1.29 is 18.3 Å². The molecule has 0 aliphatic carbocycles. The number of rotatable bonds is 2. The van der Waals surface area contributed by atoms with Gasteiger partial charge in [-0.05, 0) is 23.8 Å². The van der Waals surface area contributed by atoms with Crippen LogP contribution < -0.4 is 0 Å². The van der Waals surface area contributed by atoms with Gasteiger partial charge in [-0.25, -0.2) is 0 Å². The fraction of sp³-hybridized carbons (Fsp3) is 0.200. The predicted molar refractivity (Wildman–Crippen MR) is 51.6 cm³/mol. The maximum absolute atomic E-state index is 12.3. The van der Waals surface area contributed by atoms with Gasteiger partial charge in [0, 0.05) is 5.02 Å². The first-order chi connectivity index (χ1) is 6.84. The lowest BCUT2D eigenvalue weighted by atomic mass is 10.1. The van der Waals surface area contributed by atoms with Crippen LogP contribution in [0.3, 0.4) is 0 Å². The Kier molecular flexibility index (Phi) is 3.42. The molecule has 0 aliphatic rings. The van der Waals surface area contributed by atoms with Crippen LogP contribution in [0.15, 0.2) is 30.9 Å². The average molecular weight is 237 g/mol. The van der Waals surface area contributed by atoms with Crippen molar-refractivity contribution in [3.05, 3.63) is 47.0 Å². The quantitative estimate of drug-likeness (QED) is 0.779. The van der Waals surface area contributed by atoms with Gasteiger partial charge in [-0.3, -0.25) is 0 Å². The Morgan fingerprint density at radius 2 is 1.93 bits per heavy atom. The van der Waals surface area contributed by atoms with Crippen molar-refractivity contribution in [3.63, 3.8) is 0 Å². The first-order valence-electron chi connectivity index (χ1n) is 4.03. The van der Waals surface area contributed by atoms with Gasteiger partial charge in [-0.2, -0.15) is 13.2 Å². The summed E-state index contributed by atoms with van der Waals surface area (Å²) in [6, 6.07) is 2.92. The molecule has 0 saturated heterocycles. The fourth-order valence-electron chi connectivity index (χ4n) is 1.08. The normalized spacial score (nSPS) is 13.7. The summed E-state index contributed by atoms with van der Waals surface area (Å²) in [5.74, 6) is 0. The van der Waals surface area contributed by atoms with E-state index in [-0.39, 0.29) is 10.6 Å². The van der Waals surface area contributed by atoms with Gasteiger partial charge in [0.25, 0.3) is 0 Å². The third-order valence-electron chi connectivity index (χ3n) is 1.81. The minimum Gasteiger partial charge on any atom is -0.384 e. The molecule has 1 aromatic rings. The Bertz CT molecular complexity index is 373. The lowest BCUT2D eigenvalue weighted by Gasteiger charge is -2.11. The molecule has 1 rings (SSSR count). The lowest BCUT2D eigenvalue weighted by Crippen LogP contribution is -2.06. The number of benzene rings is 1. The van der Waals surface area contributed by atoms with Crippen LogP contribution in [0.5, 0.6) is 0 Å². The van der Waals surface area contributed by atoms with E-state index in [4.69, 9.17) is 11.6 Å². The highest BCUT2D eigenvalue weighted by molar-refractivity contribution is 6.30. The molecule has 0 amide bonds. The van der Waals surface area contributed by atoms with Crippen molar-refractivity contribution in [1.82, 2.24) is 0 Å². The Morgan fingerprint density at radius 1 is 1.33 bits per heavy atom. The molecular weight excluding hydrogens is 229 g/mol. The Labute approximate surface area is 89.8 Å². The SMILES string of the molecule is C=CC(O)c1cc(Cl)cc(C(F)(F)F)c1. The zero-order chi connectivity index (χ0) is 11.6. The van der Waals surface area contributed by atoms with Gasteiger partial charge in [0.2, 0.25) is 0 Å². The van der Waals surface area contributed by atoms with Crippen LogP contribution in [0.25, 0.3) is 0 Å². The number of hydrogen-bond donors (Lipinski definition) is 1. The highest BCUT2D eigenvalue weighted by Crippen LogP contribution is 2.33. The van der Waals surface area contributed by atoms with E-state index in [1.807, 2.05) is 0 Å². The topological polar surface area (TPSA) is 20.2 Å². The summed E-state index contributed by atoms with van der Waals surface area (Å²) in [6.45, 7) is 3.28. The summed E-state index contributed by atoms with van der Waals surface area (Å²) in [7, 11) is 0. The molecule has 0 radical (unpaired) electrons. The molecule has 1 nitrogen and oxygen atoms in total. The summed E-state index contributed by atoms with van der Waals surface area (Å²) in [4.78, 5) is 0. The maximum atomic E-state index is 12.3. The first kappa shape index (κ1) is 12.1. The summed E-state index contributed by atoms with van der Waals surface area (Å²) >= 11 is 5.51. The second kappa shape index (κ2) is 4.24. The van der Waals surface area contributed by atoms with Crippen LogP contribution >= 0.6 is 11.6 Å². The van der Waals surface area contributed by atoms with Crippen LogP contribution in [0.2, 0.25) is 5.02 Å². The van der Waals surface area contributed by atoms with E-state index in [1.54, 1.807) is 0 Å². The second-order valence-corrected chi connectivity index (χ2v) is 3.39. The van der Waals surface area contributed by atoms with E-state index in [1.165, 1.54) is 6.07 Å². The zero-order valence-corrected chi connectivity index (χ0v) is 8.31. The molecule has 0 aliphatic heterocycles. The minimum atomic E-state index is -4.47. The van der Waals surface area contributed by atoms with Gasteiger partial charge in [-0.1, -0.05) is 17.7 Å². The van der Waals surface area contributed by atoms with Gasteiger partial charge in [-0.15, -0.1) is 6.58 Å². The van der Waals surface area contributed by atoms with E-state index in [0.717, 1.165) is 18.2 Å². The van der Waals surface area contributed by atoms with E-state index < -0.39 is 17.8 Å². The standard InChI is InChI=1S/C10H8ClF3O/c1-2-9(15)6-3-7(10(12,13)14)5-8(11)4-6/h2-5,9,15H,1H2. The van der Waals surface area contributed by atoms with Crippen LogP contribution in [0.1, 0.15) is 17.2 Å². The second-order valence-electron chi connectivity index (χ2n) is 2.95. The smallest absolute Gasteiger partial charge is 0.384 e. The molecule has 0 bridgehead atoms. The molecule has 0 fully saturated rings. The lowest BCUT2D eigenvalue weighted by molar-refractivity contribution is -0.137. The molecular formula is C10H8ClF3O. The number of hydrogen-bond acceptors (Lipinski definition) is 1. The molecule has 1 atom stereocenters. The van der Waals surface area contributed by atoms with Crippen LogP contribution in [0.4, 0.5) is 13.2 Å². The largest absolute Gasteiger partial charge is 0.416 e. The summed E-state index contributed by atoms with van der Waals surface area (Å²) in [6.07, 6.45) is -4.49. The monoisotopic (exact) mass is 236 g/mol.